The number of carbonyl (C=O) groups is 1. The molecule has 0 radical (unpaired) electrons. The first-order valence-corrected chi connectivity index (χ1v) is 12.5. The van der Waals surface area contributed by atoms with Crippen molar-refractivity contribution < 1.29 is 9.53 Å². The third-order valence-electron chi connectivity index (χ3n) is 5.90. The van der Waals surface area contributed by atoms with E-state index in [0.717, 1.165) is 58.5 Å². The summed E-state index contributed by atoms with van der Waals surface area (Å²) in [5, 5.41) is 3.98. The van der Waals surface area contributed by atoms with Gasteiger partial charge in [-0.1, -0.05) is 51.1 Å². The lowest BCUT2D eigenvalue weighted by atomic mass is 10.1. The van der Waals surface area contributed by atoms with Crippen molar-refractivity contribution in [3.05, 3.63) is 59.9 Å². The minimum absolute atomic E-state index is 0.0195. The van der Waals surface area contributed by atoms with E-state index in [1.807, 2.05) is 42.5 Å². The van der Waals surface area contributed by atoms with Gasteiger partial charge in [0.15, 0.2) is 5.82 Å². The van der Waals surface area contributed by atoms with Gasteiger partial charge in [-0.3, -0.25) is 4.79 Å². The second kappa shape index (κ2) is 11.2. The molecule has 0 saturated carbocycles. The molecule has 0 saturated heterocycles. The lowest BCUT2D eigenvalue weighted by Gasteiger charge is -2.13. The maximum atomic E-state index is 12.1. The van der Waals surface area contributed by atoms with Crippen molar-refractivity contribution in [1.29, 1.82) is 0 Å². The van der Waals surface area contributed by atoms with Crippen LogP contribution >= 0.6 is 0 Å². The molecule has 7 nitrogen and oxygen atoms in total. The number of aromatic nitrogens is 3. The SMILES string of the molecule is CCCc1nc2c(N)nc3cc(OCCCNC(=O)Cc4ccccc4)ccc3c2n1CC(C)C. The fourth-order valence-electron chi connectivity index (χ4n) is 4.34. The van der Waals surface area contributed by atoms with Crippen LogP contribution in [-0.2, 0) is 24.2 Å². The van der Waals surface area contributed by atoms with Crippen LogP contribution in [0.3, 0.4) is 0 Å². The number of hydrogen-bond acceptors (Lipinski definition) is 5. The van der Waals surface area contributed by atoms with E-state index in [0.29, 0.717) is 37.7 Å². The second-order valence-electron chi connectivity index (χ2n) is 9.37. The van der Waals surface area contributed by atoms with Crippen LogP contribution < -0.4 is 15.8 Å². The van der Waals surface area contributed by atoms with Gasteiger partial charge in [-0.15, -0.1) is 0 Å². The number of anilines is 1. The Morgan fingerprint density at radius 1 is 1.14 bits per heavy atom. The average molecular weight is 474 g/mol. The Morgan fingerprint density at radius 3 is 2.69 bits per heavy atom. The van der Waals surface area contributed by atoms with Gasteiger partial charge in [0.2, 0.25) is 5.91 Å². The van der Waals surface area contributed by atoms with Gasteiger partial charge in [-0.05, 0) is 36.5 Å². The van der Waals surface area contributed by atoms with Gasteiger partial charge in [0.05, 0.1) is 24.1 Å². The number of amides is 1. The van der Waals surface area contributed by atoms with Crippen molar-refractivity contribution in [2.75, 3.05) is 18.9 Å². The molecular weight excluding hydrogens is 438 g/mol. The Bertz CT molecular complexity index is 1300. The minimum atomic E-state index is 0.0195. The van der Waals surface area contributed by atoms with Crippen LogP contribution in [0, 0.1) is 5.92 Å². The van der Waals surface area contributed by atoms with Crippen LogP contribution in [0.1, 0.15) is 45.0 Å². The average Bonchev–Trinajstić information content (AvgIpc) is 3.18. The predicted octanol–water partition coefficient (Wildman–Crippen LogP) is 4.90. The molecule has 2 aromatic heterocycles. The fraction of sp³-hybridized carbons (Fsp3) is 0.393. The topological polar surface area (TPSA) is 95.1 Å². The molecule has 1 amide bonds. The van der Waals surface area contributed by atoms with E-state index >= 15 is 0 Å². The van der Waals surface area contributed by atoms with Crippen LogP contribution in [0.5, 0.6) is 5.75 Å². The molecule has 0 aliphatic carbocycles. The molecule has 3 N–H and O–H groups in total. The van der Waals surface area contributed by atoms with E-state index in [1.54, 1.807) is 0 Å². The molecule has 184 valence electrons. The smallest absolute Gasteiger partial charge is 0.224 e. The Kier molecular flexibility index (Phi) is 7.85. The van der Waals surface area contributed by atoms with Crippen molar-refractivity contribution in [1.82, 2.24) is 19.9 Å². The first kappa shape index (κ1) is 24.5. The highest BCUT2D eigenvalue weighted by atomic mass is 16.5. The molecule has 4 rings (SSSR count). The summed E-state index contributed by atoms with van der Waals surface area (Å²) in [5.74, 6) is 2.76. The summed E-state index contributed by atoms with van der Waals surface area (Å²) in [6.07, 6.45) is 3.04. The molecule has 0 unspecified atom stereocenters. The van der Waals surface area contributed by atoms with Gasteiger partial charge in [0.25, 0.3) is 0 Å². The number of imidazole rings is 1. The normalized spacial score (nSPS) is 11.4. The molecule has 4 aromatic rings. The number of nitrogens with one attached hydrogen (secondary N) is 1. The number of pyridine rings is 1. The van der Waals surface area contributed by atoms with Crippen molar-refractivity contribution in [2.45, 2.75) is 53.0 Å². The zero-order valence-corrected chi connectivity index (χ0v) is 20.9. The van der Waals surface area contributed by atoms with E-state index in [2.05, 4.69) is 41.7 Å². The Hall–Kier alpha value is -3.61. The summed E-state index contributed by atoms with van der Waals surface area (Å²) >= 11 is 0. The number of nitrogen functional groups attached to an aromatic ring is 1. The number of aryl methyl sites for hydroxylation is 1. The zero-order valence-electron chi connectivity index (χ0n) is 20.9. The van der Waals surface area contributed by atoms with Crippen molar-refractivity contribution in [2.24, 2.45) is 5.92 Å². The molecule has 0 bridgehead atoms. The van der Waals surface area contributed by atoms with Crippen LogP contribution in [0.25, 0.3) is 21.9 Å². The molecule has 0 atom stereocenters. The summed E-state index contributed by atoms with van der Waals surface area (Å²) in [5.41, 5.74) is 9.98. The third kappa shape index (κ3) is 5.91. The van der Waals surface area contributed by atoms with Gasteiger partial charge < -0.3 is 20.4 Å². The lowest BCUT2D eigenvalue weighted by Crippen LogP contribution is -2.27. The molecule has 0 spiro atoms. The minimum Gasteiger partial charge on any atom is -0.493 e. The number of rotatable bonds is 11. The summed E-state index contributed by atoms with van der Waals surface area (Å²) in [6.45, 7) is 8.55. The second-order valence-corrected chi connectivity index (χ2v) is 9.37. The molecule has 2 heterocycles. The van der Waals surface area contributed by atoms with Crippen LogP contribution in [0.15, 0.2) is 48.5 Å². The molecule has 35 heavy (non-hydrogen) atoms. The number of carbonyl (C=O) groups excluding carboxylic acids is 1. The molecule has 0 aliphatic heterocycles. The Balaban J connectivity index is 1.42. The first-order valence-electron chi connectivity index (χ1n) is 12.5. The van der Waals surface area contributed by atoms with Gasteiger partial charge >= 0.3 is 0 Å². The van der Waals surface area contributed by atoms with E-state index in [4.69, 9.17) is 15.5 Å². The molecule has 0 fully saturated rings. The number of ether oxygens (including phenoxy) is 1. The highest BCUT2D eigenvalue weighted by molar-refractivity contribution is 6.07. The molecule has 7 heteroatoms. The highest BCUT2D eigenvalue weighted by Gasteiger charge is 2.18. The highest BCUT2D eigenvalue weighted by Crippen LogP contribution is 2.31. The summed E-state index contributed by atoms with van der Waals surface area (Å²) in [6, 6.07) is 15.7. The molecular formula is C28H35N5O2. The van der Waals surface area contributed by atoms with Gasteiger partial charge in [0.1, 0.15) is 17.1 Å². The Labute approximate surface area is 206 Å². The Morgan fingerprint density at radius 2 is 1.94 bits per heavy atom. The van der Waals surface area contributed by atoms with E-state index in [1.165, 1.54) is 0 Å². The van der Waals surface area contributed by atoms with E-state index < -0.39 is 0 Å². The maximum Gasteiger partial charge on any atom is 0.224 e. The zero-order chi connectivity index (χ0) is 24.8. The van der Waals surface area contributed by atoms with Crippen molar-refractivity contribution >= 4 is 33.7 Å². The van der Waals surface area contributed by atoms with Crippen molar-refractivity contribution in [3.8, 4) is 5.75 Å². The summed E-state index contributed by atoms with van der Waals surface area (Å²) in [4.78, 5) is 21.6. The maximum absolute atomic E-state index is 12.1. The van der Waals surface area contributed by atoms with Gasteiger partial charge in [0, 0.05) is 31.0 Å². The largest absolute Gasteiger partial charge is 0.493 e. The fourth-order valence-corrected chi connectivity index (χ4v) is 4.34. The van der Waals surface area contributed by atoms with Gasteiger partial charge in [-0.2, -0.15) is 0 Å². The predicted molar refractivity (Wildman–Crippen MR) is 142 cm³/mol. The summed E-state index contributed by atoms with van der Waals surface area (Å²) < 4.78 is 8.26. The lowest BCUT2D eigenvalue weighted by molar-refractivity contribution is -0.120. The molecule has 0 aliphatic rings. The van der Waals surface area contributed by atoms with E-state index in [-0.39, 0.29) is 5.91 Å². The number of hydrogen-bond donors (Lipinski definition) is 2. The van der Waals surface area contributed by atoms with Crippen LogP contribution in [0.4, 0.5) is 5.82 Å². The van der Waals surface area contributed by atoms with Crippen molar-refractivity contribution in [3.63, 3.8) is 0 Å². The third-order valence-corrected chi connectivity index (χ3v) is 5.90. The van der Waals surface area contributed by atoms with E-state index in [9.17, 15) is 4.79 Å². The number of nitrogens with zero attached hydrogens (tertiary/aromatic N) is 3. The summed E-state index contributed by atoms with van der Waals surface area (Å²) in [7, 11) is 0. The first-order chi connectivity index (χ1) is 17.0. The van der Waals surface area contributed by atoms with Crippen LogP contribution in [-0.4, -0.2) is 33.6 Å². The standard InChI is InChI=1S/C28H35N5O2/c1-4-9-24-32-26-27(33(24)18-19(2)3)22-13-12-21(17-23(22)31-28(26)29)35-15-8-14-30-25(34)16-20-10-6-5-7-11-20/h5-7,10-13,17,19H,4,8-9,14-16,18H2,1-3H3,(H2,29,31)(H,30,34). The number of fused-ring (bicyclic) bond motifs is 3. The number of nitrogens with two attached hydrogens (primary N) is 1. The quantitative estimate of drug-likeness (QED) is 0.302. The van der Waals surface area contributed by atoms with Gasteiger partial charge in [-0.25, -0.2) is 9.97 Å². The number of benzene rings is 2. The molecule has 2 aromatic carbocycles. The van der Waals surface area contributed by atoms with Crippen LogP contribution in [0.2, 0.25) is 0 Å². The monoisotopic (exact) mass is 473 g/mol.